The van der Waals surface area contributed by atoms with Gasteiger partial charge in [-0.15, -0.1) is 0 Å². The van der Waals surface area contributed by atoms with Gasteiger partial charge in [-0.25, -0.2) is 0 Å². The normalized spacial score (nSPS) is 11.0. The van der Waals surface area contributed by atoms with Crippen molar-refractivity contribution < 1.29 is 0 Å². The van der Waals surface area contributed by atoms with E-state index in [-0.39, 0.29) is 0 Å². The Hall–Kier alpha value is -6.62. The van der Waals surface area contributed by atoms with Crippen molar-refractivity contribution in [3.05, 3.63) is 157 Å². The molecule has 0 amide bonds. The summed E-state index contributed by atoms with van der Waals surface area (Å²) < 4.78 is 0. The molecule has 0 radical (unpaired) electrons. The standard InChI is InChI=1S/C42H24N4/c43-25-27-15-17-45-41(19-27)33-7-3-5-29(21-33)31-11-13-37-35-9-1-2-10-36(35)38-14-12-32(24-40(38)39(37)23-31)30-6-4-8-34(22-30)42-20-28(26-44)16-18-46-42/h1-24H. The van der Waals surface area contributed by atoms with Gasteiger partial charge in [0.25, 0.3) is 0 Å². The molecule has 0 aliphatic rings. The van der Waals surface area contributed by atoms with Gasteiger partial charge in [-0.05, 0) is 103 Å². The third-order valence-electron chi connectivity index (χ3n) is 8.60. The second kappa shape index (κ2) is 11.1. The molecule has 2 aromatic heterocycles. The average molecular weight is 585 g/mol. The van der Waals surface area contributed by atoms with Crippen LogP contribution in [0.3, 0.4) is 0 Å². The molecule has 6 aromatic carbocycles. The zero-order valence-corrected chi connectivity index (χ0v) is 24.6. The molecule has 0 saturated heterocycles. The van der Waals surface area contributed by atoms with E-state index in [1.807, 2.05) is 36.4 Å². The zero-order valence-electron chi connectivity index (χ0n) is 24.6. The number of pyridine rings is 2. The molecule has 0 fully saturated rings. The molecule has 0 aliphatic heterocycles. The Morgan fingerprint density at radius 1 is 0.348 bits per heavy atom. The van der Waals surface area contributed by atoms with Crippen molar-refractivity contribution in [1.29, 1.82) is 10.5 Å². The van der Waals surface area contributed by atoms with E-state index in [1.54, 1.807) is 24.5 Å². The monoisotopic (exact) mass is 584 g/mol. The lowest BCUT2D eigenvalue weighted by molar-refractivity contribution is 1.31. The van der Waals surface area contributed by atoms with Gasteiger partial charge < -0.3 is 0 Å². The van der Waals surface area contributed by atoms with Crippen LogP contribution in [0.1, 0.15) is 11.1 Å². The number of nitrogens with zero attached hydrogens (tertiary/aromatic N) is 4. The van der Waals surface area contributed by atoms with Crippen LogP contribution in [0.2, 0.25) is 0 Å². The van der Waals surface area contributed by atoms with Crippen molar-refractivity contribution in [2.45, 2.75) is 0 Å². The van der Waals surface area contributed by atoms with E-state index in [9.17, 15) is 10.5 Å². The summed E-state index contributed by atoms with van der Waals surface area (Å²) in [6.07, 6.45) is 3.36. The van der Waals surface area contributed by atoms with Crippen LogP contribution < -0.4 is 0 Å². The van der Waals surface area contributed by atoms with E-state index in [0.29, 0.717) is 11.1 Å². The quantitative estimate of drug-likeness (QED) is 0.193. The Bertz CT molecular complexity index is 2390. The lowest BCUT2D eigenvalue weighted by atomic mass is 9.90. The molecule has 8 rings (SSSR count). The van der Waals surface area contributed by atoms with E-state index in [1.165, 1.54) is 32.3 Å². The molecule has 0 unspecified atom stereocenters. The third-order valence-corrected chi connectivity index (χ3v) is 8.60. The summed E-state index contributed by atoms with van der Waals surface area (Å²) >= 11 is 0. The number of rotatable bonds is 4. The second-order valence-corrected chi connectivity index (χ2v) is 11.3. The van der Waals surface area contributed by atoms with E-state index < -0.39 is 0 Å². The van der Waals surface area contributed by atoms with Gasteiger partial charge in [-0.2, -0.15) is 10.5 Å². The SMILES string of the molecule is N#Cc1ccnc(-c2cccc(-c3ccc4c5ccccc5c5ccc(-c6cccc(-c7cc(C#N)ccn7)c6)cc5c4c3)c2)c1. The minimum absolute atomic E-state index is 0.591. The first-order chi connectivity index (χ1) is 22.7. The van der Waals surface area contributed by atoms with Crippen LogP contribution in [0.5, 0.6) is 0 Å². The van der Waals surface area contributed by atoms with Crippen molar-refractivity contribution in [1.82, 2.24) is 9.97 Å². The lowest BCUT2D eigenvalue weighted by Crippen LogP contribution is -1.89. The molecule has 0 atom stereocenters. The van der Waals surface area contributed by atoms with Crippen LogP contribution in [0.25, 0.3) is 77.1 Å². The van der Waals surface area contributed by atoms with Gasteiger partial charge in [0, 0.05) is 23.5 Å². The first kappa shape index (κ1) is 27.0. The highest BCUT2D eigenvalue weighted by Gasteiger charge is 2.13. The van der Waals surface area contributed by atoms with E-state index >= 15 is 0 Å². The molecule has 46 heavy (non-hydrogen) atoms. The Morgan fingerprint density at radius 3 is 1.22 bits per heavy atom. The van der Waals surface area contributed by atoms with Crippen LogP contribution in [-0.2, 0) is 0 Å². The molecule has 8 aromatic rings. The number of fused-ring (bicyclic) bond motifs is 6. The van der Waals surface area contributed by atoms with Crippen LogP contribution in [-0.4, -0.2) is 9.97 Å². The summed E-state index contributed by atoms with van der Waals surface area (Å²) in [7, 11) is 0. The van der Waals surface area contributed by atoms with Crippen LogP contribution in [0, 0.1) is 22.7 Å². The Kier molecular flexibility index (Phi) is 6.53. The van der Waals surface area contributed by atoms with Gasteiger partial charge >= 0.3 is 0 Å². The molecule has 4 heteroatoms. The van der Waals surface area contributed by atoms with Crippen molar-refractivity contribution in [2.24, 2.45) is 0 Å². The highest BCUT2D eigenvalue weighted by Crippen LogP contribution is 2.39. The molecule has 0 bridgehead atoms. The highest BCUT2D eigenvalue weighted by molar-refractivity contribution is 6.26. The first-order valence-corrected chi connectivity index (χ1v) is 15.0. The van der Waals surface area contributed by atoms with E-state index in [4.69, 9.17) is 0 Å². The molecular weight excluding hydrogens is 560 g/mol. The fourth-order valence-corrected chi connectivity index (χ4v) is 6.35. The number of nitriles is 2. The predicted molar refractivity (Wildman–Crippen MR) is 186 cm³/mol. The summed E-state index contributed by atoms with van der Waals surface area (Å²) in [5.74, 6) is 0. The van der Waals surface area contributed by atoms with Gasteiger partial charge in [0.15, 0.2) is 0 Å². The van der Waals surface area contributed by atoms with E-state index in [2.05, 4.69) is 107 Å². The molecule has 212 valence electrons. The maximum atomic E-state index is 9.39. The molecule has 0 saturated carbocycles. The van der Waals surface area contributed by atoms with Crippen molar-refractivity contribution in [3.8, 4) is 56.9 Å². The zero-order chi connectivity index (χ0) is 31.0. The molecule has 4 nitrogen and oxygen atoms in total. The molecule has 0 aliphatic carbocycles. The molecule has 2 heterocycles. The van der Waals surface area contributed by atoms with Crippen molar-refractivity contribution >= 4 is 32.3 Å². The Balaban J connectivity index is 1.30. The van der Waals surface area contributed by atoms with E-state index in [0.717, 1.165) is 44.8 Å². The summed E-state index contributed by atoms with van der Waals surface area (Å²) in [4.78, 5) is 9.04. The Morgan fingerprint density at radius 2 is 0.761 bits per heavy atom. The number of aromatic nitrogens is 2. The largest absolute Gasteiger partial charge is 0.256 e. The Labute approximate surface area is 266 Å². The summed E-state index contributed by atoms with van der Waals surface area (Å²) in [6.45, 7) is 0. The summed E-state index contributed by atoms with van der Waals surface area (Å²) in [5.41, 5.74) is 9.06. The summed E-state index contributed by atoms with van der Waals surface area (Å²) in [5, 5.41) is 26.0. The fraction of sp³-hybridized carbons (Fsp3) is 0. The van der Waals surface area contributed by atoms with Gasteiger partial charge in [0.05, 0.1) is 34.7 Å². The number of benzene rings is 6. The second-order valence-electron chi connectivity index (χ2n) is 11.3. The van der Waals surface area contributed by atoms with Gasteiger partial charge in [-0.3, -0.25) is 9.97 Å². The first-order valence-electron chi connectivity index (χ1n) is 15.0. The molecule has 0 spiro atoms. The topological polar surface area (TPSA) is 73.4 Å². The minimum Gasteiger partial charge on any atom is -0.256 e. The van der Waals surface area contributed by atoms with Crippen LogP contribution >= 0.6 is 0 Å². The van der Waals surface area contributed by atoms with Gasteiger partial charge in [0.2, 0.25) is 0 Å². The number of hydrogen-bond donors (Lipinski definition) is 0. The lowest BCUT2D eigenvalue weighted by Gasteiger charge is -2.14. The maximum absolute atomic E-state index is 9.39. The van der Waals surface area contributed by atoms with Crippen molar-refractivity contribution in [3.63, 3.8) is 0 Å². The minimum atomic E-state index is 0.591. The summed E-state index contributed by atoms with van der Waals surface area (Å²) in [6, 6.07) is 50.2. The molecule has 0 N–H and O–H groups in total. The van der Waals surface area contributed by atoms with Crippen molar-refractivity contribution in [2.75, 3.05) is 0 Å². The fourth-order valence-electron chi connectivity index (χ4n) is 6.35. The van der Waals surface area contributed by atoms with Crippen LogP contribution in [0.4, 0.5) is 0 Å². The van der Waals surface area contributed by atoms with Crippen LogP contribution in [0.15, 0.2) is 146 Å². The third kappa shape index (κ3) is 4.72. The smallest absolute Gasteiger partial charge is 0.0992 e. The molecular formula is C42H24N4. The van der Waals surface area contributed by atoms with Gasteiger partial charge in [0.1, 0.15) is 0 Å². The highest BCUT2D eigenvalue weighted by atomic mass is 14.7. The van der Waals surface area contributed by atoms with Gasteiger partial charge in [-0.1, -0.05) is 84.9 Å². The predicted octanol–water partition coefficient (Wildman–Crippen LogP) is 10.3. The number of hydrogen-bond acceptors (Lipinski definition) is 4. The average Bonchev–Trinajstić information content (AvgIpc) is 3.14. The maximum Gasteiger partial charge on any atom is 0.0992 e.